The molecular formula is C10H16N2O2. The first-order chi connectivity index (χ1) is 6.40. The van der Waals surface area contributed by atoms with Crippen molar-refractivity contribution in [2.75, 3.05) is 0 Å². The summed E-state index contributed by atoms with van der Waals surface area (Å²) in [5, 5.41) is 12.8. The van der Waals surface area contributed by atoms with E-state index in [-0.39, 0.29) is 11.1 Å². The average molecular weight is 196 g/mol. The lowest BCUT2D eigenvalue weighted by Gasteiger charge is -2.18. The van der Waals surface area contributed by atoms with E-state index >= 15 is 0 Å². The third kappa shape index (κ3) is 2.87. The fourth-order valence-corrected chi connectivity index (χ4v) is 1.13. The van der Waals surface area contributed by atoms with Gasteiger partial charge in [0.05, 0.1) is 0 Å². The molecule has 0 spiro atoms. The van der Waals surface area contributed by atoms with Gasteiger partial charge in [0.2, 0.25) is 0 Å². The van der Waals surface area contributed by atoms with Crippen LogP contribution in [0.2, 0.25) is 0 Å². The predicted molar refractivity (Wildman–Crippen MR) is 53.3 cm³/mol. The summed E-state index contributed by atoms with van der Waals surface area (Å²) in [6.45, 7) is 7.02. The van der Waals surface area contributed by atoms with E-state index in [4.69, 9.17) is 5.11 Å². The Morgan fingerprint density at radius 2 is 2.21 bits per heavy atom. The number of nitrogens with zero attached hydrogens (tertiary/aromatic N) is 2. The third-order valence-corrected chi connectivity index (χ3v) is 2.01. The van der Waals surface area contributed by atoms with Gasteiger partial charge in [-0.2, -0.15) is 5.10 Å². The standard InChI is InChI=1S/C10H16N2O2/c1-10(2,3)5-7-12-8(9(13)14)4-6-11-12/h4,6H,5,7H2,1-3H3,(H,13,14). The summed E-state index contributed by atoms with van der Waals surface area (Å²) in [5.41, 5.74) is 0.455. The van der Waals surface area contributed by atoms with Crippen LogP contribution in [0.3, 0.4) is 0 Å². The number of hydrogen-bond donors (Lipinski definition) is 1. The Hall–Kier alpha value is -1.32. The highest BCUT2D eigenvalue weighted by atomic mass is 16.4. The predicted octanol–water partition coefficient (Wildman–Crippen LogP) is 2.02. The van der Waals surface area contributed by atoms with Crippen molar-refractivity contribution in [2.45, 2.75) is 33.7 Å². The topological polar surface area (TPSA) is 55.1 Å². The van der Waals surface area contributed by atoms with Crippen molar-refractivity contribution in [2.24, 2.45) is 5.41 Å². The van der Waals surface area contributed by atoms with E-state index in [0.717, 1.165) is 6.42 Å². The van der Waals surface area contributed by atoms with Crippen molar-refractivity contribution in [3.05, 3.63) is 18.0 Å². The molecule has 0 aromatic carbocycles. The molecule has 1 aromatic heterocycles. The van der Waals surface area contributed by atoms with Gasteiger partial charge in [-0.25, -0.2) is 4.79 Å². The summed E-state index contributed by atoms with van der Waals surface area (Å²) < 4.78 is 1.54. The quantitative estimate of drug-likeness (QED) is 0.804. The van der Waals surface area contributed by atoms with E-state index in [1.165, 1.54) is 16.9 Å². The second kappa shape index (κ2) is 3.82. The molecule has 1 N–H and O–H groups in total. The first kappa shape index (κ1) is 10.8. The number of aryl methyl sites for hydroxylation is 1. The smallest absolute Gasteiger partial charge is 0.354 e. The van der Waals surface area contributed by atoms with Crippen LogP contribution >= 0.6 is 0 Å². The number of hydrogen-bond acceptors (Lipinski definition) is 2. The fraction of sp³-hybridized carbons (Fsp3) is 0.600. The Bertz CT molecular complexity index is 323. The Balaban J connectivity index is 2.68. The second-order valence-corrected chi connectivity index (χ2v) is 4.56. The van der Waals surface area contributed by atoms with Crippen molar-refractivity contribution >= 4 is 5.97 Å². The highest BCUT2D eigenvalue weighted by Gasteiger charge is 2.14. The van der Waals surface area contributed by atoms with Crippen molar-refractivity contribution in [1.29, 1.82) is 0 Å². The largest absolute Gasteiger partial charge is 0.477 e. The molecule has 4 nitrogen and oxygen atoms in total. The van der Waals surface area contributed by atoms with Crippen molar-refractivity contribution in [3.8, 4) is 0 Å². The van der Waals surface area contributed by atoms with Crippen molar-refractivity contribution < 1.29 is 9.90 Å². The summed E-state index contributed by atoms with van der Waals surface area (Å²) in [5.74, 6) is -0.920. The zero-order chi connectivity index (χ0) is 10.8. The van der Waals surface area contributed by atoms with Crippen LogP contribution in [0.5, 0.6) is 0 Å². The van der Waals surface area contributed by atoms with E-state index in [9.17, 15) is 4.79 Å². The van der Waals surface area contributed by atoms with E-state index in [2.05, 4.69) is 25.9 Å². The third-order valence-electron chi connectivity index (χ3n) is 2.01. The Morgan fingerprint density at radius 1 is 1.57 bits per heavy atom. The molecule has 78 valence electrons. The molecule has 0 aliphatic rings. The minimum absolute atomic E-state index is 0.196. The van der Waals surface area contributed by atoms with Gasteiger partial charge in [-0.05, 0) is 17.9 Å². The Morgan fingerprint density at radius 3 is 2.71 bits per heavy atom. The second-order valence-electron chi connectivity index (χ2n) is 4.56. The van der Waals surface area contributed by atoms with Gasteiger partial charge >= 0.3 is 5.97 Å². The van der Waals surface area contributed by atoms with E-state index < -0.39 is 5.97 Å². The van der Waals surface area contributed by atoms with Gasteiger partial charge in [0, 0.05) is 12.7 Å². The number of carbonyl (C=O) groups is 1. The molecule has 0 saturated heterocycles. The van der Waals surface area contributed by atoms with Crippen molar-refractivity contribution in [3.63, 3.8) is 0 Å². The number of carboxylic acid groups (broad SMARTS) is 1. The SMILES string of the molecule is CC(C)(C)CCn1nccc1C(=O)O. The molecule has 1 heterocycles. The van der Waals surface area contributed by atoms with Crippen LogP contribution in [-0.4, -0.2) is 20.9 Å². The van der Waals surface area contributed by atoms with Crippen LogP contribution in [0.25, 0.3) is 0 Å². The molecule has 4 heteroatoms. The Kier molecular flexibility index (Phi) is 2.93. The minimum Gasteiger partial charge on any atom is -0.477 e. The van der Waals surface area contributed by atoms with Gasteiger partial charge in [-0.1, -0.05) is 20.8 Å². The van der Waals surface area contributed by atoms with Gasteiger partial charge < -0.3 is 5.11 Å². The molecule has 0 saturated carbocycles. The summed E-state index contributed by atoms with van der Waals surface area (Å²) in [4.78, 5) is 10.7. The first-order valence-corrected chi connectivity index (χ1v) is 4.65. The number of rotatable bonds is 3. The maximum atomic E-state index is 10.7. The number of aromatic carboxylic acids is 1. The molecule has 14 heavy (non-hydrogen) atoms. The first-order valence-electron chi connectivity index (χ1n) is 4.65. The maximum absolute atomic E-state index is 10.7. The molecule has 0 bridgehead atoms. The summed E-state index contributed by atoms with van der Waals surface area (Å²) in [6, 6.07) is 1.52. The Labute approximate surface area is 83.5 Å². The van der Waals surface area contributed by atoms with Crippen molar-refractivity contribution in [1.82, 2.24) is 9.78 Å². The van der Waals surface area contributed by atoms with Crippen LogP contribution in [-0.2, 0) is 6.54 Å². The summed E-state index contributed by atoms with van der Waals surface area (Å²) >= 11 is 0. The molecule has 0 unspecified atom stereocenters. The average Bonchev–Trinajstić information content (AvgIpc) is 2.46. The zero-order valence-electron chi connectivity index (χ0n) is 8.82. The molecule has 0 amide bonds. The van der Waals surface area contributed by atoms with Gasteiger partial charge in [-0.3, -0.25) is 4.68 Å². The molecule has 0 aliphatic carbocycles. The van der Waals surface area contributed by atoms with Crippen LogP contribution in [0.15, 0.2) is 12.3 Å². The van der Waals surface area contributed by atoms with E-state index in [1.54, 1.807) is 0 Å². The van der Waals surface area contributed by atoms with Gasteiger partial charge in [0.15, 0.2) is 0 Å². The lowest BCUT2D eigenvalue weighted by Crippen LogP contribution is -2.15. The van der Waals surface area contributed by atoms with Gasteiger partial charge in [-0.15, -0.1) is 0 Å². The molecule has 0 fully saturated rings. The lowest BCUT2D eigenvalue weighted by atomic mass is 9.92. The molecule has 0 aliphatic heterocycles. The zero-order valence-corrected chi connectivity index (χ0v) is 8.82. The van der Waals surface area contributed by atoms with Crippen LogP contribution in [0.4, 0.5) is 0 Å². The number of carboxylic acids is 1. The normalized spacial score (nSPS) is 11.6. The monoisotopic (exact) mass is 196 g/mol. The minimum atomic E-state index is -0.920. The maximum Gasteiger partial charge on any atom is 0.354 e. The molecule has 0 atom stereocenters. The van der Waals surface area contributed by atoms with E-state index in [1.807, 2.05) is 0 Å². The summed E-state index contributed by atoms with van der Waals surface area (Å²) in [7, 11) is 0. The number of aromatic nitrogens is 2. The van der Waals surface area contributed by atoms with Crippen LogP contribution < -0.4 is 0 Å². The molecular weight excluding hydrogens is 180 g/mol. The summed E-state index contributed by atoms with van der Waals surface area (Å²) in [6.07, 6.45) is 2.43. The van der Waals surface area contributed by atoms with Gasteiger partial charge in [0.1, 0.15) is 5.69 Å². The van der Waals surface area contributed by atoms with E-state index in [0.29, 0.717) is 6.54 Å². The highest BCUT2D eigenvalue weighted by Crippen LogP contribution is 2.19. The molecule has 1 aromatic rings. The molecule has 0 radical (unpaired) electrons. The highest BCUT2D eigenvalue weighted by molar-refractivity contribution is 5.85. The van der Waals surface area contributed by atoms with Crippen LogP contribution in [0.1, 0.15) is 37.7 Å². The van der Waals surface area contributed by atoms with Gasteiger partial charge in [0.25, 0.3) is 0 Å². The molecule has 1 rings (SSSR count). The lowest BCUT2D eigenvalue weighted by molar-refractivity contribution is 0.0682. The fourth-order valence-electron chi connectivity index (χ4n) is 1.13. The van der Waals surface area contributed by atoms with Crippen LogP contribution in [0, 0.1) is 5.41 Å².